The van der Waals surface area contributed by atoms with Crippen LogP contribution in [-0.4, -0.2) is 35.6 Å². The summed E-state index contributed by atoms with van der Waals surface area (Å²) in [6.07, 6.45) is 5.48. The second-order valence-electron chi connectivity index (χ2n) is 6.07. The molecule has 1 unspecified atom stereocenters. The molecule has 1 N–H and O–H groups in total. The predicted octanol–water partition coefficient (Wildman–Crippen LogP) is 2.22. The maximum absolute atomic E-state index is 11.1. The second-order valence-corrected chi connectivity index (χ2v) is 6.07. The predicted molar refractivity (Wildman–Crippen MR) is 63.3 cm³/mol. The highest BCUT2D eigenvalue weighted by Gasteiger charge is 2.45. The van der Waals surface area contributed by atoms with Crippen LogP contribution in [0, 0.1) is 17.3 Å². The van der Waals surface area contributed by atoms with Gasteiger partial charge in [-0.2, -0.15) is 0 Å². The molecule has 2 rings (SSSR count). The number of carboxylic acids is 1. The Morgan fingerprint density at radius 2 is 1.88 bits per heavy atom. The first kappa shape index (κ1) is 11.9. The highest BCUT2D eigenvalue weighted by Crippen LogP contribution is 2.45. The van der Waals surface area contributed by atoms with Gasteiger partial charge >= 0.3 is 5.97 Å². The molecule has 1 heterocycles. The van der Waals surface area contributed by atoms with E-state index in [1.54, 1.807) is 0 Å². The van der Waals surface area contributed by atoms with Gasteiger partial charge in [0.05, 0.1) is 5.92 Å². The maximum Gasteiger partial charge on any atom is 0.308 e. The van der Waals surface area contributed by atoms with E-state index in [9.17, 15) is 4.79 Å². The summed E-state index contributed by atoms with van der Waals surface area (Å²) in [4.78, 5) is 13.4. The van der Waals surface area contributed by atoms with Crippen molar-refractivity contribution in [3.63, 3.8) is 0 Å². The molecule has 2 aliphatic rings. The summed E-state index contributed by atoms with van der Waals surface area (Å²) in [6.45, 7) is 7.04. The van der Waals surface area contributed by atoms with Crippen LogP contribution < -0.4 is 0 Å². The highest BCUT2D eigenvalue weighted by molar-refractivity contribution is 5.70. The summed E-state index contributed by atoms with van der Waals surface area (Å²) in [5, 5.41) is 9.14. The van der Waals surface area contributed by atoms with Gasteiger partial charge in [0.25, 0.3) is 0 Å². The van der Waals surface area contributed by atoms with Gasteiger partial charge in [-0.15, -0.1) is 0 Å². The minimum absolute atomic E-state index is 0.196. The summed E-state index contributed by atoms with van der Waals surface area (Å²) in [5.41, 5.74) is 0.583. The molecule has 3 heteroatoms. The molecule has 0 radical (unpaired) electrons. The number of likely N-dealkylation sites (tertiary alicyclic amines) is 1. The number of hydrogen-bond donors (Lipinski definition) is 1. The van der Waals surface area contributed by atoms with Crippen LogP contribution >= 0.6 is 0 Å². The van der Waals surface area contributed by atoms with Crippen LogP contribution in [-0.2, 0) is 4.79 Å². The lowest BCUT2D eigenvalue weighted by molar-refractivity contribution is -0.145. The Morgan fingerprint density at radius 1 is 1.31 bits per heavy atom. The third-order valence-corrected chi connectivity index (χ3v) is 4.36. The quantitative estimate of drug-likeness (QED) is 0.797. The van der Waals surface area contributed by atoms with Gasteiger partial charge in [-0.1, -0.05) is 26.7 Å². The Bertz CT molecular complexity index is 261. The number of nitrogens with zero attached hydrogens (tertiary/aromatic N) is 1. The Morgan fingerprint density at radius 3 is 2.31 bits per heavy atom. The average molecular weight is 225 g/mol. The monoisotopic (exact) mass is 225 g/mol. The molecular formula is C13H23NO2. The van der Waals surface area contributed by atoms with Gasteiger partial charge in [0.2, 0.25) is 0 Å². The molecule has 92 valence electrons. The van der Waals surface area contributed by atoms with Crippen LogP contribution in [0.4, 0.5) is 0 Å². The third-order valence-electron chi connectivity index (χ3n) is 4.36. The van der Waals surface area contributed by atoms with E-state index in [1.807, 2.05) is 13.8 Å². The molecule has 0 aromatic rings. The first-order valence-electron chi connectivity index (χ1n) is 6.48. The summed E-state index contributed by atoms with van der Waals surface area (Å²) in [5.74, 6) is -0.598. The lowest BCUT2D eigenvalue weighted by atomic mass is 9.77. The highest BCUT2D eigenvalue weighted by atomic mass is 16.4. The number of carbonyl (C=O) groups is 1. The topological polar surface area (TPSA) is 40.5 Å². The van der Waals surface area contributed by atoms with Gasteiger partial charge in [-0.05, 0) is 24.2 Å². The van der Waals surface area contributed by atoms with Crippen LogP contribution in [0.3, 0.4) is 0 Å². The fraction of sp³-hybridized carbons (Fsp3) is 0.923. The van der Waals surface area contributed by atoms with Crippen LogP contribution in [0.15, 0.2) is 0 Å². The zero-order valence-electron chi connectivity index (χ0n) is 10.4. The van der Waals surface area contributed by atoms with Crippen molar-refractivity contribution in [2.24, 2.45) is 17.3 Å². The molecule has 0 bridgehead atoms. The van der Waals surface area contributed by atoms with E-state index in [-0.39, 0.29) is 11.8 Å². The number of hydrogen-bond acceptors (Lipinski definition) is 2. The molecule has 3 nitrogen and oxygen atoms in total. The Labute approximate surface area is 97.8 Å². The van der Waals surface area contributed by atoms with Crippen molar-refractivity contribution in [2.75, 3.05) is 19.6 Å². The SMILES string of the molecule is CC(C)C(CN1CC2(CCCC2)C1)C(=O)O. The fourth-order valence-electron chi connectivity index (χ4n) is 3.32. The maximum atomic E-state index is 11.1. The summed E-state index contributed by atoms with van der Waals surface area (Å²) < 4.78 is 0. The molecule has 0 aromatic carbocycles. The van der Waals surface area contributed by atoms with E-state index >= 15 is 0 Å². The van der Waals surface area contributed by atoms with Gasteiger partial charge in [0, 0.05) is 19.6 Å². The first-order valence-corrected chi connectivity index (χ1v) is 6.48. The normalized spacial score (nSPS) is 25.9. The Hall–Kier alpha value is -0.570. The van der Waals surface area contributed by atoms with Crippen molar-refractivity contribution >= 4 is 5.97 Å². The minimum Gasteiger partial charge on any atom is -0.481 e. The molecule has 1 spiro atoms. The van der Waals surface area contributed by atoms with E-state index in [2.05, 4.69) is 4.90 Å². The van der Waals surface area contributed by atoms with Crippen molar-refractivity contribution < 1.29 is 9.90 Å². The molecule has 1 saturated heterocycles. The summed E-state index contributed by atoms with van der Waals surface area (Å²) >= 11 is 0. The van der Waals surface area contributed by atoms with E-state index in [1.165, 1.54) is 25.7 Å². The third kappa shape index (κ3) is 2.24. The van der Waals surface area contributed by atoms with Gasteiger partial charge in [0.15, 0.2) is 0 Å². The van der Waals surface area contributed by atoms with Gasteiger partial charge in [0.1, 0.15) is 0 Å². The largest absolute Gasteiger partial charge is 0.481 e. The van der Waals surface area contributed by atoms with Gasteiger partial charge < -0.3 is 10.0 Å². The molecule has 1 aliphatic carbocycles. The van der Waals surface area contributed by atoms with Crippen LogP contribution in [0.1, 0.15) is 39.5 Å². The van der Waals surface area contributed by atoms with E-state index < -0.39 is 5.97 Å². The van der Waals surface area contributed by atoms with Crippen LogP contribution in [0.25, 0.3) is 0 Å². The lowest BCUT2D eigenvalue weighted by Gasteiger charge is -2.49. The number of aliphatic carboxylic acids is 1. The number of rotatable bonds is 4. The Balaban J connectivity index is 1.81. The Kier molecular flexibility index (Phi) is 3.24. The van der Waals surface area contributed by atoms with Crippen molar-refractivity contribution in [3.8, 4) is 0 Å². The smallest absolute Gasteiger partial charge is 0.308 e. The van der Waals surface area contributed by atoms with E-state index in [0.717, 1.165) is 19.6 Å². The zero-order valence-corrected chi connectivity index (χ0v) is 10.4. The van der Waals surface area contributed by atoms with E-state index in [0.29, 0.717) is 5.41 Å². The minimum atomic E-state index is -0.637. The average Bonchev–Trinajstić information content (AvgIpc) is 2.59. The fourth-order valence-corrected chi connectivity index (χ4v) is 3.32. The standard InChI is InChI=1S/C13H23NO2/c1-10(2)11(12(15)16)7-14-8-13(9-14)5-3-4-6-13/h10-11H,3-9H2,1-2H3,(H,15,16). The van der Waals surface area contributed by atoms with Gasteiger partial charge in [-0.3, -0.25) is 4.79 Å². The summed E-state index contributed by atoms with van der Waals surface area (Å²) in [7, 11) is 0. The zero-order chi connectivity index (χ0) is 11.8. The van der Waals surface area contributed by atoms with Crippen LogP contribution in [0.5, 0.6) is 0 Å². The summed E-state index contributed by atoms with van der Waals surface area (Å²) in [6, 6.07) is 0. The molecule has 0 amide bonds. The van der Waals surface area contributed by atoms with Crippen molar-refractivity contribution in [1.29, 1.82) is 0 Å². The molecule has 0 aromatic heterocycles. The first-order chi connectivity index (χ1) is 7.52. The molecule has 2 fully saturated rings. The second kappa shape index (κ2) is 4.36. The van der Waals surface area contributed by atoms with Crippen molar-refractivity contribution in [3.05, 3.63) is 0 Å². The van der Waals surface area contributed by atoms with Gasteiger partial charge in [-0.25, -0.2) is 0 Å². The molecule has 1 atom stereocenters. The van der Waals surface area contributed by atoms with Crippen molar-refractivity contribution in [1.82, 2.24) is 4.90 Å². The molecular weight excluding hydrogens is 202 g/mol. The number of carboxylic acid groups (broad SMARTS) is 1. The van der Waals surface area contributed by atoms with Crippen molar-refractivity contribution in [2.45, 2.75) is 39.5 Å². The van der Waals surface area contributed by atoms with E-state index in [4.69, 9.17) is 5.11 Å². The molecule has 16 heavy (non-hydrogen) atoms. The lowest BCUT2D eigenvalue weighted by Crippen LogP contribution is -2.56. The molecule has 1 saturated carbocycles. The van der Waals surface area contributed by atoms with Crippen LogP contribution in [0.2, 0.25) is 0 Å². The molecule has 1 aliphatic heterocycles.